The van der Waals surface area contributed by atoms with E-state index in [1.54, 1.807) is 0 Å². The molecule has 11 aliphatic heterocycles. The zero-order valence-electron chi connectivity index (χ0n) is 71.3. The molecule has 0 bridgehead atoms. The highest BCUT2D eigenvalue weighted by molar-refractivity contribution is 5.74. The number of carbonyl (C=O) groups is 4. The molecule has 11 aliphatic rings. The predicted octanol–water partition coefficient (Wildman–Crippen LogP) is -22.3. The monoisotopic (exact) mass is 1930 g/mol. The summed E-state index contributed by atoms with van der Waals surface area (Å²) in [7, 11) is 0. The van der Waals surface area contributed by atoms with Crippen LogP contribution in [-0.2, 0) is 119 Å². The van der Waals surface area contributed by atoms with E-state index < -0.39 is 421 Å². The van der Waals surface area contributed by atoms with Crippen LogP contribution in [0.1, 0.15) is 41.5 Å². The van der Waals surface area contributed by atoms with E-state index in [0.717, 1.165) is 27.7 Å². The Morgan fingerprint density at radius 1 is 0.212 bits per heavy atom. The SMILES string of the molecule is CC(=O)N[C@H]1[C@H](O[C@H]2[C@H](O[C@@H]3O[C@@H](C)[C@@H](O)[C@@H](O)[C@@H]3O)[C@@H](NC(C)=O)C(O)O[C@@H]2CO[C@@H]2O[C@@H](C)[C@@H](O)[C@@H](O)[C@@H]2O)O[C@H](CO)[C@@H](O[C@@H]2O[C@H](CO[C@H]3O[C@H](CO)[C@@H](O)[C@H](O)[C@@H]3O[C@@H]3O[C@H](CO)[C@@H](O[C@@H]4O[C@H](CO)[C@H](O)[C@H](O)[C@H]4O)[C@H](O)[C@H]3NC(C)=O)[C@@H](O)[C@H](O[C@H]3O[C@H](CO)[C@@H](O)[C@H](O)[C@@H]3O[C@@H]3O[C@H](CO)[C@@H](O[C@@H]4O[C@H](CO)[C@H](O)[C@H](O)[C@H]4O)[C@H](O)[C@H]3NC(C)=O)[C@@H]2O)[C@@H]1O. The lowest BCUT2D eigenvalue weighted by Crippen LogP contribution is -2.71. The molecule has 0 aliphatic carbocycles. The van der Waals surface area contributed by atoms with Crippen molar-refractivity contribution in [3.05, 3.63) is 0 Å². The van der Waals surface area contributed by atoms with Crippen LogP contribution >= 0.6 is 0 Å². The molecule has 58 nitrogen and oxygen atoms in total. The summed E-state index contributed by atoms with van der Waals surface area (Å²) < 4.78 is 126. The quantitative estimate of drug-likeness (QED) is 0.0290. The Balaban J connectivity index is 0.947. The van der Waals surface area contributed by atoms with E-state index in [1.165, 1.54) is 13.8 Å². The average Bonchev–Trinajstić information content (AvgIpc) is 0.761. The van der Waals surface area contributed by atoms with Crippen LogP contribution in [0.3, 0.4) is 0 Å². The number of hydrogen-bond donors (Lipinski definition) is 33. The normalized spacial score (nSPS) is 50.4. The number of aliphatic hydroxyl groups excluding tert-OH is 29. The highest BCUT2D eigenvalue weighted by Crippen LogP contribution is 2.42. The number of aliphatic hydroxyl groups is 29. The molecule has 0 aromatic carbocycles. The fourth-order valence-electron chi connectivity index (χ4n) is 17.2. The minimum absolute atomic E-state index is 0.891. The summed E-state index contributed by atoms with van der Waals surface area (Å²) in [6.45, 7) is -4.02. The summed E-state index contributed by atoms with van der Waals surface area (Å²) in [5.41, 5.74) is 0. The molecule has 0 spiro atoms. The second kappa shape index (κ2) is 47.0. The van der Waals surface area contributed by atoms with Crippen LogP contribution in [0.25, 0.3) is 0 Å². The summed E-state index contributed by atoms with van der Waals surface area (Å²) in [6, 6.07) is -7.97. The molecule has 0 aromatic rings. The number of hydrogen-bond acceptors (Lipinski definition) is 54. The van der Waals surface area contributed by atoms with Crippen LogP contribution in [0, 0.1) is 0 Å². The number of carbonyl (C=O) groups excluding carboxylic acids is 4. The number of rotatable bonds is 33. The average molecular weight is 1930 g/mol. The van der Waals surface area contributed by atoms with Crippen LogP contribution < -0.4 is 21.3 Å². The molecule has 0 saturated carbocycles. The Morgan fingerprint density at radius 3 is 0.864 bits per heavy atom. The van der Waals surface area contributed by atoms with E-state index in [4.69, 9.17) is 99.5 Å². The molecule has 33 N–H and O–H groups in total. The van der Waals surface area contributed by atoms with Gasteiger partial charge in [0.15, 0.2) is 69.2 Å². The molecular weight excluding hydrogens is 1810 g/mol. The van der Waals surface area contributed by atoms with Crippen LogP contribution in [0.2, 0.25) is 0 Å². The molecular formula is C74H124N4O54. The van der Waals surface area contributed by atoms with Crippen LogP contribution in [0.5, 0.6) is 0 Å². The van der Waals surface area contributed by atoms with Gasteiger partial charge in [0.2, 0.25) is 23.6 Å². The van der Waals surface area contributed by atoms with Crippen molar-refractivity contribution in [3.63, 3.8) is 0 Å². The van der Waals surface area contributed by atoms with Gasteiger partial charge in [-0.1, -0.05) is 0 Å². The van der Waals surface area contributed by atoms with Gasteiger partial charge in [-0.05, 0) is 13.8 Å². The molecule has 0 aromatic heterocycles. The Hall–Kier alpha value is -4.12. The summed E-state index contributed by atoms with van der Waals surface area (Å²) in [5, 5.41) is 335. The molecule has 764 valence electrons. The van der Waals surface area contributed by atoms with Gasteiger partial charge in [-0.3, -0.25) is 19.2 Å². The molecule has 1 unspecified atom stereocenters. The number of amides is 4. The summed E-state index contributed by atoms with van der Waals surface area (Å²) in [6.07, 6.45) is -107. The van der Waals surface area contributed by atoms with E-state index in [0.29, 0.717) is 0 Å². The minimum Gasteiger partial charge on any atom is -0.394 e. The summed E-state index contributed by atoms with van der Waals surface area (Å²) >= 11 is 0. The van der Waals surface area contributed by atoms with Gasteiger partial charge < -0.3 is 269 Å². The van der Waals surface area contributed by atoms with Gasteiger partial charge in [-0.15, -0.1) is 0 Å². The molecule has 132 heavy (non-hydrogen) atoms. The van der Waals surface area contributed by atoms with Crippen molar-refractivity contribution >= 4 is 23.6 Å². The molecule has 11 heterocycles. The maximum atomic E-state index is 13.6. The second-order valence-corrected chi connectivity index (χ2v) is 33.8. The lowest BCUT2D eigenvalue weighted by Gasteiger charge is -2.52. The van der Waals surface area contributed by atoms with Gasteiger partial charge in [-0.2, -0.15) is 0 Å². The molecule has 11 fully saturated rings. The fraction of sp³-hybridized carbons (Fsp3) is 0.946. The second-order valence-electron chi connectivity index (χ2n) is 33.8. The van der Waals surface area contributed by atoms with Gasteiger partial charge in [0.25, 0.3) is 0 Å². The highest BCUT2D eigenvalue weighted by Gasteiger charge is 2.63. The Bertz CT molecular complexity index is 3610. The Labute approximate surface area is 748 Å². The largest absolute Gasteiger partial charge is 0.394 e. The minimum atomic E-state index is -2.68. The van der Waals surface area contributed by atoms with Gasteiger partial charge in [0.1, 0.15) is 256 Å². The first-order chi connectivity index (χ1) is 62.4. The van der Waals surface area contributed by atoms with Gasteiger partial charge in [0.05, 0.1) is 71.7 Å². The van der Waals surface area contributed by atoms with Crippen molar-refractivity contribution in [2.24, 2.45) is 0 Å². The van der Waals surface area contributed by atoms with E-state index in [-0.39, 0.29) is 0 Å². The molecule has 0 radical (unpaired) electrons. The van der Waals surface area contributed by atoms with Gasteiger partial charge >= 0.3 is 0 Å². The van der Waals surface area contributed by atoms with E-state index in [9.17, 15) is 167 Å². The maximum absolute atomic E-state index is 13.6. The smallest absolute Gasteiger partial charge is 0.217 e. The van der Waals surface area contributed by atoms with Gasteiger partial charge in [-0.25, -0.2) is 0 Å². The topological polar surface area (TPSA) is 897 Å². The third-order valence-electron chi connectivity index (χ3n) is 24.5. The lowest BCUT2D eigenvalue weighted by molar-refractivity contribution is -0.400. The van der Waals surface area contributed by atoms with Crippen LogP contribution in [-0.4, -0.2) is 569 Å². The lowest BCUT2D eigenvalue weighted by atomic mass is 9.93. The molecule has 4 amide bonds. The predicted molar refractivity (Wildman–Crippen MR) is 406 cm³/mol. The van der Waals surface area contributed by atoms with Crippen LogP contribution in [0.4, 0.5) is 0 Å². The molecule has 55 atom stereocenters. The van der Waals surface area contributed by atoms with Crippen molar-refractivity contribution < 1.29 is 267 Å². The summed E-state index contributed by atoms with van der Waals surface area (Å²) in [4.78, 5) is 52.7. The standard InChI is InChI=1S/C74H124N4O54/c1-16-35(90)45(100)51(106)68(114-16)112-15-30-59(60(34(64(111)116-30)78-21(6)89)129-69-52(107)46(101)36(91)17(2)115-69)128-65-31(75-18(3)86)42(97)58(28(13-85)121-65)127-72-55(110)61(130-74-63(50(105)40(95)25(10-82)120-74)132-67-33(77-20(5)88)44(99)57(27(12-84)123-67)126-71-54(109)48(103)38(93)23(8-80)118-71)41(96)29(124-72)14-113-73-62(49(104)39(94)24(9-81)119-73)131-66-32(76-19(4)87)43(98)56(26(11-83)122-66)125-70-53(108)47(102)37(92)22(7-79)117-70/h16-17,22-74,79-85,90-111H,7-15H2,1-6H3,(H,75,86)(H,76,87)(H,77,88)(H,78,89)/t16-,17-,22+,23+,24+,25+,26+,27+,28+,29+,30+,31+,32+,33+,34+,35+,36+,37-,38-,39+,40+,41+,42+,43+,44+,45+,46+,47-,48-,49-,50-,51-,52-,53+,54+,55-,56+,57+,58+,59+,60+,61-,62-,63-,64?,65-,66-,67-,68+,69-,70-,71-,72-,73-,74+/m0/s1. The first kappa shape index (κ1) is 108. The fourth-order valence-corrected chi connectivity index (χ4v) is 17.2. The Kier molecular flexibility index (Phi) is 38.5. The molecule has 11 saturated heterocycles. The molecule has 58 heteroatoms. The maximum Gasteiger partial charge on any atom is 0.217 e. The zero-order chi connectivity index (χ0) is 97.1. The first-order valence-corrected chi connectivity index (χ1v) is 42.4. The number of ether oxygens (including phenoxy) is 21. The highest BCUT2D eigenvalue weighted by atomic mass is 16.8. The van der Waals surface area contributed by atoms with E-state index in [1.807, 2.05) is 0 Å². The summed E-state index contributed by atoms with van der Waals surface area (Å²) in [5.74, 6) is -3.93. The van der Waals surface area contributed by atoms with E-state index in [2.05, 4.69) is 21.3 Å². The van der Waals surface area contributed by atoms with E-state index >= 15 is 0 Å². The van der Waals surface area contributed by atoms with Crippen LogP contribution in [0.15, 0.2) is 0 Å². The van der Waals surface area contributed by atoms with Gasteiger partial charge in [0, 0.05) is 27.7 Å². The number of nitrogens with one attached hydrogen (secondary N) is 4. The Morgan fingerprint density at radius 2 is 0.477 bits per heavy atom. The van der Waals surface area contributed by atoms with Crippen molar-refractivity contribution in [2.75, 3.05) is 59.5 Å². The third-order valence-corrected chi connectivity index (χ3v) is 24.5. The van der Waals surface area contributed by atoms with Crippen molar-refractivity contribution in [2.45, 2.75) is 379 Å². The zero-order valence-corrected chi connectivity index (χ0v) is 71.3. The third kappa shape index (κ3) is 23.7. The molecule has 11 rings (SSSR count). The van der Waals surface area contributed by atoms with Crippen molar-refractivity contribution in [1.29, 1.82) is 0 Å². The first-order valence-electron chi connectivity index (χ1n) is 42.4. The van der Waals surface area contributed by atoms with Crippen molar-refractivity contribution in [1.82, 2.24) is 21.3 Å². The van der Waals surface area contributed by atoms with Crippen molar-refractivity contribution in [3.8, 4) is 0 Å².